The van der Waals surface area contributed by atoms with Crippen molar-refractivity contribution in [2.45, 2.75) is 33.2 Å². The van der Waals surface area contributed by atoms with Gasteiger partial charge in [-0.3, -0.25) is 9.79 Å². The average Bonchev–Trinajstić information content (AvgIpc) is 3.00. The summed E-state index contributed by atoms with van der Waals surface area (Å²) in [6.07, 6.45) is 4.83. The summed E-state index contributed by atoms with van der Waals surface area (Å²) in [6, 6.07) is 1.95. The number of carbonyl (C=O) groups excluding carboxylic acids is 1. The monoisotopic (exact) mass is 345 g/mol. The second-order valence-electron chi connectivity index (χ2n) is 5.59. The summed E-state index contributed by atoms with van der Waals surface area (Å²) in [6.45, 7) is 6.49. The van der Waals surface area contributed by atoms with E-state index in [0.717, 1.165) is 22.2 Å². The predicted molar refractivity (Wildman–Crippen MR) is 101 cm³/mol. The van der Waals surface area contributed by atoms with Crippen molar-refractivity contribution in [1.29, 1.82) is 0 Å². The maximum atomic E-state index is 12.4. The first kappa shape index (κ1) is 18.1. The molecule has 128 valence electrons. The summed E-state index contributed by atoms with van der Waals surface area (Å²) in [5.74, 6) is 0.267. The standard InChI is InChI=1S/C17H23N5OS/c1-5-6-12(9-18-4)10-19-17-21-13-7-8-24-15(13)14(22-17)16(23)20-11(2)3/h6-9,11H,5,10H2,1-4H3,(H,20,23)(H,19,21,22)/b12-6+,18-9?. The van der Waals surface area contributed by atoms with Crippen molar-refractivity contribution in [3.63, 3.8) is 0 Å². The van der Waals surface area contributed by atoms with Crippen LogP contribution in [0, 0.1) is 0 Å². The molecule has 0 aliphatic heterocycles. The fraction of sp³-hybridized carbons (Fsp3) is 0.412. The van der Waals surface area contributed by atoms with Crippen LogP contribution in [0.25, 0.3) is 10.2 Å². The molecule has 0 radical (unpaired) electrons. The smallest absolute Gasteiger partial charge is 0.271 e. The Kier molecular flexibility index (Phi) is 6.43. The molecule has 0 unspecified atom stereocenters. The number of anilines is 1. The van der Waals surface area contributed by atoms with E-state index in [9.17, 15) is 4.79 Å². The number of aliphatic imine (C=N–C) groups is 1. The molecule has 2 rings (SSSR count). The van der Waals surface area contributed by atoms with E-state index in [1.54, 1.807) is 7.05 Å². The number of carbonyl (C=O) groups is 1. The van der Waals surface area contributed by atoms with Crippen LogP contribution in [-0.4, -0.2) is 41.7 Å². The first-order chi connectivity index (χ1) is 11.5. The highest BCUT2D eigenvalue weighted by molar-refractivity contribution is 7.17. The molecule has 2 aromatic rings. The summed E-state index contributed by atoms with van der Waals surface area (Å²) in [4.78, 5) is 25.4. The van der Waals surface area contributed by atoms with Crippen molar-refractivity contribution in [3.05, 3.63) is 28.8 Å². The van der Waals surface area contributed by atoms with Gasteiger partial charge >= 0.3 is 0 Å². The van der Waals surface area contributed by atoms with E-state index >= 15 is 0 Å². The Hall–Kier alpha value is -2.28. The van der Waals surface area contributed by atoms with Crippen LogP contribution in [0.15, 0.2) is 28.1 Å². The minimum Gasteiger partial charge on any atom is -0.350 e. The van der Waals surface area contributed by atoms with Crippen LogP contribution in [0.3, 0.4) is 0 Å². The van der Waals surface area contributed by atoms with E-state index in [4.69, 9.17) is 0 Å². The van der Waals surface area contributed by atoms with Gasteiger partial charge in [0.05, 0.1) is 10.2 Å². The quantitative estimate of drug-likeness (QED) is 0.755. The highest BCUT2D eigenvalue weighted by Gasteiger charge is 2.16. The zero-order valence-electron chi connectivity index (χ0n) is 14.5. The van der Waals surface area contributed by atoms with Gasteiger partial charge in [0.15, 0.2) is 5.69 Å². The van der Waals surface area contributed by atoms with Gasteiger partial charge in [-0.15, -0.1) is 11.3 Å². The molecule has 7 heteroatoms. The lowest BCUT2D eigenvalue weighted by molar-refractivity contribution is 0.0940. The summed E-state index contributed by atoms with van der Waals surface area (Å²) in [5.41, 5.74) is 2.25. The molecule has 2 aromatic heterocycles. The van der Waals surface area contributed by atoms with E-state index in [1.807, 2.05) is 31.5 Å². The largest absolute Gasteiger partial charge is 0.350 e. The van der Waals surface area contributed by atoms with Crippen LogP contribution in [0.4, 0.5) is 5.95 Å². The maximum Gasteiger partial charge on any atom is 0.271 e. The lowest BCUT2D eigenvalue weighted by Gasteiger charge is -2.10. The Morgan fingerprint density at radius 2 is 2.21 bits per heavy atom. The lowest BCUT2D eigenvalue weighted by atomic mass is 10.2. The highest BCUT2D eigenvalue weighted by Crippen LogP contribution is 2.23. The Morgan fingerprint density at radius 3 is 2.88 bits per heavy atom. The molecule has 0 aromatic carbocycles. The number of nitrogens with one attached hydrogen (secondary N) is 2. The third-order valence-electron chi connectivity index (χ3n) is 3.15. The van der Waals surface area contributed by atoms with Crippen LogP contribution in [0.1, 0.15) is 37.7 Å². The van der Waals surface area contributed by atoms with Crippen molar-refractivity contribution < 1.29 is 4.79 Å². The molecular formula is C17H23N5OS. The Balaban J connectivity index is 2.28. The van der Waals surface area contributed by atoms with Crippen LogP contribution in [0.2, 0.25) is 0 Å². The lowest BCUT2D eigenvalue weighted by Crippen LogP contribution is -2.31. The van der Waals surface area contributed by atoms with Crippen LogP contribution < -0.4 is 10.6 Å². The van der Waals surface area contributed by atoms with Gasteiger partial charge in [-0.05, 0) is 37.3 Å². The number of amides is 1. The third-order valence-corrected chi connectivity index (χ3v) is 4.06. The molecule has 0 saturated heterocycles. The zero-order chi connectivity index (χ0) is 17.5. The molecular weight excluding hydrogens is 322 g/mol. The molecule has 6 nitrogen and oxygen atoms in total. The number of aromatic nitrogens is 2. The van der Waals surface area contributed by atoms with E-state index in [1.165, 1.54) is 11.3 Å². The van der Waals surface area contributed by atoms with E-state index in [0.29, 0.717) is 18.2 Å². The predicted octanol–water partition coefficient (Wildman–Crippen LogP) is 3.28. The molecule has 2 heterocycles. The van der Waals surface area contributed by atoms with Gasteiger partial charge in [-0.25, -0.2) is 9.97 Å². The summed E-state index contributed by atoms with van der Waals surface area (Å²) in [5, 5.41) is 8.00. The van der Waals surface area contributed by atoms with Crippen LogP contribution >= 0.6 is 11.3 Å². The second-order valence-corrected chi connectivity index (χ2v) is 6.50. The number of fused-ring (bicyclic) bond motifs is 1. The second kappa shape index (κ2) is 8.54. The van der Waals surface area contributed by atoms with Gasteiger partial charge in [-0.1, -0.05) is 13.0 Å². The van der Waals surface area contributed by atoms with Crippen molar-refractivity contribution >= 4 is 39.6 Å². The number of nitrogens with zero attached hydrogens (tertiary/aromatic N) is 3. The van der Waals surface area contributed by atoms with Crippen LogP contribution in [0.5, 0.6) is 0 Å². The number of thiophene rings is 1. The molecule has 0 fully saturated rings. The van der Waals surface area contributed by atoms with Gasteiger partial charge in [-0.2, -0.15) is 0 Å². The Morgan fingerprint density at radius 1 is 1.42 bits per heavy atom. The molecule has 0 atom stereocenters. The SMILES string of the molecule is CC/C=C(\C=NC)CNc1nc(C(=O)NC(C)C)c2sccc2n1. The fourth-order valence-electron chi connectivity index (χ4n) is 2.21. The normalized spacial score (nSPS) is 12.3. The molecule has 0 aliphatic carbocycles. The van der Waals surface area contributed by atoms with Crippen molar-refractivity contribution in [1.82, 2.24) is 15.3 Å². The summed E-state index contributed by atoms with van der Waals surface area (Å²) >= 11 is 1.47. The Bertz CT molecular complexity index is 763. The maximum absolute atomic E-state index is 12.4. The molecule has 1 amide bonds. The molecule has 0 bridgehead atoms. The Labute approximate surface area is 146 Å². The molecule has 2 N–H and O–H groups in total. The number of rotatable bonds is 7. The minimum absolute atomic E-state index is 0.0544. The van der Waals surface area contributed by atoms with E-state index in [-0.39, 0.29) is 11.9 Å². The number of allylic oxidation sites excluding steroid dienone is 1. The van der Waals surface area contributed by atoms with Crippen molar-refractivity contribution in [2.75, 3.05) is 18.9 Å². The van der Waals surface area contributed by atoms with E-state index < -0.39 is 0 Å². The van der Waals surface area contributed by atoms with Gasteiger partial charge in [0.1, 0.15) is 0 Å². The first-order valence-electron chi connectivity index (χ1n) is 7.96. The topological polar surface area (TPSA) is 79.3 Å². The van der Waals surface area contributed by atoms with Gasteiger partial charge in [0, 0.05) is 25.8 Å². The molecule has 0 spiro atoms. The van der Waals surface area contributed by atoms with Crippen molar-refractivity contribution in [3.8, 4) is 0 Å². The number of hydrogen-bond donors (Lipinski definition) is 2. The zero-order valence-corrected chi connectivity index (χ0v) is 15.3. The van der Waals surface area contributed by atoms with E-state index in [2.05, 4.69) is 38.6 Å². The fourth-order valence-corrected chi connectivity index (χ4v) is 3.02. The summed E-state index contributed by atoms with van der Waals surface area (Å²) in [7, 11) is 1.74. The van der Waals surface area contributed by atoms with Gasteiger partial charge in [0.2, 0.25) is 5.95 Å². The molecule has 0 aliphatic rings. The summed E-state index contributed by atoms with van der Waals surface area (Å²) < 4.78 is 0.804. The number of hydrogen-bond acceptors (Lipinski definition) is 6. The average molecular weight is 345 g/mol. The van der Waals surface area contributed by atoms with Gasteiger partial charge < -0.3 is 10.6 Å². The minimum atomic E-state index is -0.178. The molecule has 0 saturated carbocycles. The molecule has 24 heavy (non-hydrogen) atoms. The first-order valence-corrected chi connectivity index (χ1v) is 8.84. The van der Waals surface area contributed by atoms with Crippen molar-refractivity contribution in [2.24, 2.45) is 4.99 Å². The van der Waals surface area contributed by atoms with Gasteiger partial charge in [0.25, 0.3) is 5.91 Å². The third kappa shape index (κ3) is 4.61. The highest BCUT2D eigenvalue weighted by atomic mass is 32.1. The van der Waals surface area contributed by atoms with Crippen LogP contribution in [-0.2, 0) is 0 Å².